The highest BCUT2D eigenvalue weighted by atomic mass is 28.4. The molecule has 6 nitrogen and oxygen atoms in total. The van der Waals surface area contributed by atoms with Crippen molar-refractivity contribution >= 4 is 20.6 Å². The molecule has 0 atom stereocenters. The van der Waals surface area contributed by atoms with Crippen molar-refractivity contribution in [3.8, 4) is 0 Å². The number of hydrogen-bond donors (Lipinski definition) is 0. The lowest BCUT2D eigenvalue weighted by Gasteiger charge is -2.24. The van der Waals surface area contributed by atoms with Gasteiger partial charge in [0.25, 0.3) is 11.8 Å². The molecule has 0 aromatic heterocycles. The van der Waals surface area contributed by atoms with E-state index in [9.17, 15) is 9.59 Å². The molecule has 2 amide bonds. The molecule has 150 valence electrons. The third-order valence-electron chi connectivity index (χ3n) is 4.27. The van der Waals surface area contributed by atoms with Crippen molar-refractivity contribution in [1.82, 2.24) is 4.90 Å². The largest absolute Gasteiger partial charge is 0.500 e. The first kappa shape index (κ1) is 24.7. The highest BCUT2D eigenvalue weighted by molar-refractivity contribution is 6.60. The van der Waals surface area contributed by atoms with Crippen LogP contribution in [0.15, 0.2) is 24.3 Å². The molecule has 0 aliphatic carbocycles. The normalized spacial score (nSPS) is 11.3. The first-order valence-corrected chi connectivity index (χ1v) is 11.0. The van der Waals surface area contributed by atoms with Crippen molar-refractivity contribution in [1.29, 1.82) is 0 Å². The summed E-state index contributed by atoms with van der Waals surface area (Å²) < 4.78 is 16.2. The van der Waals surface area contributed by atoms with Gasteiger partial charge >= 0.3 is 8.80 Å². The number of carbonyl (C=O) groups is 2. The number of unbranched alkanes of at least 4 members (excludes halogenated alkanes) is 5. The van der Waals surface area contributed by atoms with Gasteiger partial charge in [-0.15, -0.1) is 0 Å². The van der Waals surface area contributed by atoms with Crippen LogP contribution in [0.5, 0.6) is 0 Å². The van der Waals surface area contributed by atoms with E-state index in [1.807, 2.05) is 0 Å². The Morgan fingerprint density at radius 2 is 1.15 bits per heavy atom. The number of rotatable bonds is 14. The molecule has 0 fully saturated rings. The van der Waals surface area contributed by atoms with Gasteiger partial charge in [-0.3, -0.25) is 14.5 Å². The number of nitrogens with zero attached hydrogens (tertiary/aromatic N) is 1. The van der Waals surface area contributed by atoms with Gasteiger partial charge in [-0.25, -0.2) is 0 Å². The summed E-state index contributed by atoms with van der Waals surface area (Å²) >= 11 is 0. The lowest BCUT2D eigenvalue weighted by Crippen LogP contribution is -2.42. The van der Waals surface area contributed by atoms with E-state index in [0.29, 0.717) is 17.7 Å². The summed E-state index contributed by atoms with van der Waals surface area (Å²) in [5.74, 6) is -0.643. The van der Waals surface area contributed by atoms with Gasteiger partial charge in [0.2, 0.25) is 0 Å². The molecule has 0 unspecified atom stereocenters. The topological polar surface area (TPSA) is 65.1 Å². The molecule has 0 saturated heterocycles. The number of hydrogen-bond acceptors (Lipinski definition) is 5. The predicted octanol–water partition coefficient (Wildman–Crippen LogP) is 3.71. The van der Waals surface area contributed by atoms with E-state index in [4.69, 9.17) is 13.3 Å². The number of amides is 2. The third kappa shape index (κ3) is 8.40. The zero-order valence-electron chi connectivity index (χ0n) is 17.1. The Labute approximate surface area is 159 Å². The van der Waals surface area contributed by atoms with Gasteiger partial charge in [-0.2, -0.15) is 0 Å². The Kier molecular flexibility index (Phi) is 12.3. The SMILES string of the molecule is C=C(C)C(=O)N(CCCCCCCC[Si](OC)(OC)OC)C(=O)C(=C)C. The van der Waals surface area contributed by atoms with Crippen molar-refractivity contribution in [3.63, 3.8) is 0 Å². The zero-order chi connectivity index (χ0) is 20.2. The van der Waals surface area contributed by atoms with E-state index in [-0.39, 0.29) is 11.8 Å². The molecule has 0 aliphatic rings. The van der Waals surface area contributed by atoms with Crippen LogP contribution in [0.2, 0.25) is 6.04 Å². The van der Waals surface area contributed by atoms with Crippen LogP contribution < -0.4 is 0 Å². The Morgan fingerprint density at radius 3 is 1.54 bits per heavy atom. The Bertz CT molecular complexity index is 454. The van der Waals surface area contributed by atoms with E-state index in [2.05, 4.69) is 13.2 Å². The summed E-state index contributed by atoms with van der Waals surface area (Å²) in [5.41, 5.74) is 0.725. The molecular formula is C19H35NO5Si. The summed E-state index contributed by atoms with van der Waals surface area (Å²) in [6, 6.07) is 0.810. The van der Waals surface area contributed by atoms with Crippen LogP contribution in [0.3, 0.4) is 0 Å². The fraction of sp³-hybridized carbons (Fsp3) is 0.684. The van der Waals surface area contributed by atoms with Crippen LogP contribution in [0.1, 0.15) is 52.4 Å². The molecule has 0 aromatic carbocycles. The van der Waals surface area contributed by atoms with Crippen LogP contribution in [-0.2, 0) is 22.9 Å². The standard InChI is InChI=1S/C19H35NO5Si/c1-16(2)18(21)20(19(22)17(3)4)14-12-10-8-9-11-13-15-26(23-5,24-6)25-7/h1,3,8-15H2,2,4-7H3. The van der Waals surface area contributed by atoms with Gasteiger partial charge in [0.1, 0.15) is 0 Å². The third-order valence-corrected chi connectivity index (χ3v) is 7.10. The molecule has 0 bridgehead atoms. The lowest BCUT2D eigenvalue weighted by atomic mass is 10.1. The Hall–Kier alpha value is -1.28. The van der Waals surface area contributed by atoms with Crippen molar-refractivity contribution in [2.24, 2.45) is 0 Å². The van der Waals surface area contributed by atoms with Crippen molar-refractivity contribution in [2.75, 3.05) is 27.9 Å². The van der Waals surface area contributed by atoms with Crippen LogP contribution in [0.4, 0.5) is 0 Å². The second-order valence-corrected chi connectivity index (χ2v) is 9.58. The molecule has 26 heavy (non-hydrogen) atoms. The summed E-state index contributed by atoms with van der Waals surface area (Å²) in [6.07, 6.45) is 5.96. The minimum absolute atomic E-state index is 0.321. The quantitative estimate of drug-likeness (QED) is 0.259. The fourth-order valence-corrected chi connectivity index (χ4v) is 4.43. The van der Waals surface area contributed by atoms with E-state index < -0.39 is 8.80 Å². The van der Waals surface area contributed by atoms with Crippen molar-refractivity contribution in [3.05, 3.63) is 24.3 Å². The molecule has 0 aromatic rings. The van der Waals surface area contributed by atoms with Crippen LogP contribution >= 0.6 is 0 Å². The van der Waals surface area contributed by atoms with E-state index in [0.717, 1.165) is 44.6 Å². The average Bonchev–Trinajstić information content (AvgIpc) is 2.63. The lowest BCUT2D eigenvalue weighted by molar-refractivity contribution is -0.140. The highest BCUT2D eigenvalue weighted by Gasteiger charge is 2.36. The average molecular weight is 386 g/mol. The Balaban J connectivity index is 4.12. The van der Waals surface area contributed by atoms with Crippen molar-refractivity contribution < 1.29 is 22.9 Å². The second kappa shape index (κ2) is 13.0. The highest BCUT2D eigenvalue weighted by Crippen LogP contribution is 2.18. The first-order valence-electron chi connectivity index (χ1n) is 9.07. The maximum absolute atomic E-state index is 12.1. The van der Waals surface area contributed by atoms with Gasteiger partial charge in [0, 0.05) is 45.1 Å². The minimum atomic E-state index is -2.45. The minimum Gasteiger partial charge on any atom is -0.377 e. The van der Waals surface area contributed by atoms with E-state index in [1.54, 1.807) is 35.2 Å². The van der Waals surface area contributed by atoms with E-state index in [1.165, 1.54) is 4.90 Å². The Morgan fingerprint density at radius 1 is 0.769 bits per heavy atom. The van der Waals surface area contributed by atoms with Crippen LogP contribution in [0.25, 0.3) is 0 Å². The summed E-state index contributed by atoms with van der Waals surface area (Å²) in [4.78, 5) is 25.5. The summed E-state index contributed by atoms with van der Waals surface area (Å²) in [5, 5.41) is 0. The maximum Gasteiger partial charge on any atom is 0.500 e. The monoisotopic (exact) mass is 385 g/mol. The van der Waals surface area contributed by atoms with Crippen LogP contribution in [0, 0.1) is 0 Å². The molecule has 0 spiro atoms. The van der Waals surface area contributed by atoms with Gasteiger partial charge < -0.3 is 13.3 Å². The molecule has 0 N–H and O–H groups in total. The molecular weight excluding hydrogens is 350 g/mol. The zero-order valence-corrected chi connectivity index (χ0v) is 18.1. The fourth-order valence-electron chi connectivity index (χ4n) is 2.63. The van der Waals surface area contributed by atoms with Gasteiger partial charge in [0.15, 0.2) is 0 Å². The van der Waals surface area contributed by atoms with E-state index >= 15 is 0 Å². The molecule has 7 heteroatoms. The molecule has 0 aliphatic heterocycles. The van der Waals surface area contributed by atoms with Crippen LogP contribution in [-0.4, -0.2) is 53.4 Å². The molecule has 0 radical (unpaired) electrons. The van der Waals surface area contributed by atoms with Gasteiger partial charge in [0.05, 0.1) is 0 Å². The maximum atomic E-state index is 12.1. The predicted molar refractivity (Wildman–Crippen MR) is 106 cm³/mol. The number of carbonyl (C=O) groups excluding carboxylic acids is 2. The number of imide groups is 1. The van der Waals surface area contributed by atoms with Gasteiger partial charge in [-0.1, -0.05) is 38.8 Å². The molecule has 0 saturated carbocycles. The first-order chi connectivity index (χ1) is 12.2. The van der Waals surface area contributed by atoms with Crippen molar-refractivity contribution in [2.45, 2.75) is 58.4 Å². The molecule has 0 rings (SSSR count). The van der Waals surface area contributed by atoms with Gasteiger partial charge in [-0.05, 0) is 26.7 Å². The smallest absolute Gasteiger partial charge is 0.377 e. The summed E-state index contributed by atoms with van der Waals surface area (Å²) in [6.45, 7) is 10.9. The summed E-state index contributed by atoms with van der Waals surface area (Å²) in [7, 11) is 2.43. The molecule has 0 heterocycles. The second-order valence-electron chi connectivity index (χ2n) is 6.49.